The highest BCUT2D eigenvalue weighted by Gasteiger charge is 2.19. The van der Waals surface area contributed by atoms with Gasteiger partial charge < -0.3 is 0 Å². The Bertz CT molecular complexity index is 1200. The fourth-order valence-corrected chi connectivity index (χ4v) is 5.08. The van der Waals surface area contributed by atoms with E-state index in [1.807, 2.05) is 0 Å². The van der Waals surface area contributed by atoms with Gasteiger partial charge in [-0.1, -0.05) is 67.0 Å². The lowest BCUT2D eigenvalue weighted by molar-refractivity contribution is 1.26. The number of hydrogen-bond acceptors (Lipinski definition) is 1. The van der Waals surface area contributed by atoms with E-state index in [1.54, 1.807) is 0 Å². The van der Waals surface area contributed by atoms with Gasteiger partial charge in [0.1, 0.15) is 8.07 Å². The molecule has 0 aliphatic carbocycles. The molecule has 0 aliphatic heterocycles. The van der Waals surface area contributed by atoms with Crippen LogP contribution in [0.2, 0.25) is 19.6 Å². The Balaban J connectivity index is 2.40. The molecule has 3 aromatic rings. The Morgan fingerprint density at radius 1 is 0.636 bits per heavy atom. The van der Waals surface area contributed by atoms with Crippen LogP contribution >= 0.6 is 0 Å². The van der Waals surface area contributed by atoms with Gasteiger partial charge in [0.25, 0.3) is 0 Å². The molecule has 170 valence electrons. The highest BCUT2D eigenvalue weighted by molar-refractivity contribution is 6.83. The van der Waals surface area contributed by atoms with Crippen molar-refractivity contribution in [1.29, 1.82) is 0 Å². The number of nitrogens with zero attached hydrogens (tertiary/aromatic N) is 1. The van der Waals surface area contributed by atoms with Gasteiger partial charge in [-0.2, -0.15) is 0 Å². The van der Waals surface area contributed by atoms with Gasteiger partial charge in [0.05, 0.1) is 11.4 Å². The van der Waals surface area contributed by atoms with Crippen LogP contribution in [0.3, 0.4) is 0 Å². The molecule has 1 nitrogen and oxygen atoms in total. The van der Waals surface area contributed by atoms with Crippen molar-refractivity contribution < 1.29 is 0 Å². The molecular formula is C31H37NSi. The number of aliphatic imine (C=N–C) groups is 1. The van der Waals surface area contributed by atoms with E-state index in [0.29, 0.717) is 0 Å². The van der Waals surface area contributed by atoms with Crippen molar-refractivity contribution in [2.45, 2.75) is 68.1 Å². The second-order valence-electron chi connectivity index (χ2n) is 10.5. The molecule has 0 aromatic heterocycles. The van der Waals surface area contributed by atoms with Gasteiger partial charge in [-0.3, -0.25) is 0 Å². The molecule has 0 radical (unpaired) electrons. The fourth-order valence-electron chi connectivity index (χ4n) is 4.57. The molecule has 0 saturated heterocycles. The quantitative estimate of drug-likeness (QED) is 0.216. The Kier molecular flexibility index (Phi) is 7.15. The molecule has 0 saturated carbocycles. The van der Waals surface area contributed by atoms with E-state index < -0.39 is 8.07 Å². The van der Waals surface area contributed by atoms with E-state index in [2.05, 4.69) is 122 Å². The molecule has 0 spiro atoms. The van der Waals surface area contributed by atoms with E-state index in [9.17, 15) is 0 Å². The monoisotopic (exact) mass is 451 g/mol. The minimum atomic E-state index is -1.51. The van der Waals surface area contributed by atoms with Crippen LogP contribution in [0.25, 0.3) is 0 Å². The Morgan fingerprint density at radius 2 is 1.09 bits per heavy atom. The molecule has 0 heterocycles. The molecule has 0 fully saturated rings. The Hall–Kier alpha value is -2.89. The van der Waals surface area contributed by atoms with E-state index in [1.165, 1.54) is 50.1 Å². The molecule has 33 heavy (non-hydrogen) atoms. The van der Waals surface area contributed by atoms with Crippen LogP contribution in [0.4, 0.5) is 5.69 Å². The Labute approximate surface area is 202 Å². The van der Waals surface area contributed by atoms with Crippen LogP contribution in [-0.2, 0) is 0 Å². The maximum atomic E-state index is 5.37. The summed E-state index contributed by atoms with van der Waals surface area (Å²) in [5.74, 6) is 3.48. The summed E-state index contributed by atoms with van der Waals surface area (Å²) in [5.41, 5.74) is 17.8. The third-order valence-corrected chi connectivity index (χ3v) is 6.66. The lowest BCUT2D eigenvalue weighted by Gasteiger charge is -2.19. The molecular weight excluding hydrogens is 414 g/mol. The SMILES string of the molecule is Cc1cc(C)c(C(=Nc2ccc(C)cc2C#C[Si](C)(C)C)c2c(C)cc(C)cc2C)c(C)c1. The second-order valence-corrected chi connectivity index (χ2v) is 15.3. The number of hydrogen-bond donors (Lipinski definition) is 0. The van der Waals surface area contributed by atoms with E-state index in [0.717, 1.165) is 17.0 Å². The second kappa shape index (κ2) is 9.54. The predicted octanol–water partition coefficient (Wildman–Crippen LogP) is 8.24. The van der Waals surface area contributed by atoms with E-state index >= 15 is 0 Å². The Morgan fingerprint density at radius 3 is 1.52 bits per heavy atom. The van der Waals surface area contributed by atoms with Crippen LogP contribution in [0.1, 0.15) is 55.6 Å². The van der Waals surface area contributed by atoms with Gasteiger partial charge in [-0.05, 0) is 88.4 Å². The maximum absolute atomic E-state index is 5.37. The van der Waals surface area contributed by atoms with Crippen molar-refractivity contribution >= 4 is 19.5 Å². The first-order valence-corrected chi connectivity index (χ1v) is 15.2. The summed E-state index contributed by atoms with van der Waals surface area (Å²) < 4.78 is 0. The lowest BCUT2D eigenvalue weighted by atomic mass is 9.87. The summed E-state index contributed by atoms with van der Waals surface area (Å²) in [4.78, 5) is 5.37. The summed E-state index contributed by atoms with van der Waals surface area (Å²) >= 11 is 0. The van der Waals surface area contributed by atoms with Crippen LogP contribution in [-0.4, -0.2) is 13.8 Å². The minimum Gasteiger partial charge on any atom is -0.246 e. The van der Waals surface area contributed by atoms with Gasteiger partial charge in [0, 0.05) is 16.7 Å². The highest BCUT2D eigenvalue weighted by Crippen LogP contribution is 2.30. The van der Waals surface area contributed by atoms with Crippen LogP contribution in [0, 0.1) is 59.9 Å². The van der Waals surface area contributed by atoms with Gasteiger partial charge in [-0.25, -0.2) is 4.99 Å². The highest BCUT2D eigenvalue weighted by atomic mass is 28.3. The maximum Gasteiger partial charge on any atom is 0.129 e. The molecule has 0 amide bonds. The molecule has 0 bridgehead atoms. The predicted molar refractivity (Wildman–Crippen MR) is 148 cm³/mol. The van der Waals surface area contributed by atoms with Crippen LogP contribution in [0.15, 0.2) is 47.5 Å². The number of rotatable bonds is 3. The first-order valence-electron chi connectivity index (χ1n) is 11.7. The molecule has 0 aliphatic rings. The van der Waals surface area contributed by atoms with Crippen molar-refractivity contribution in [1.82, 2.24) is 0 Å². The molecule has 0 unspecified atom stereocenters. The summed E-state index contributed by atoms with van der Waals surface area (Å²) in [7, 11) is -1.51. The third kappa shape index (κ3) is 5.92. The normalized spacial score (nSPS) is 11.1. The average Bonchev–Trinajstić information content (AvgIpc) is 2.65. The standard InChI is InChI=1S/C31H37NSi/c1-20-11-12-28(27(19-20)13-14-33(8,9)10)32-31(29-23(4)15-21(2)16-24(29)5)30-25(6)17-22(3)18-26(30)7/h11-12,15-19H,1-10H3. The molecule has 0 N–H and O–H groups in total. The molecule has 3 aromatic carbocycles. The first-order chi connectivity index (χ1) is 15.4. The molecule has 3 rings (SSSR count). The van der Waals surface area contributed by atoms with Crippen molar-refractivity contribution in [2.24, 2.45) is 4.99 Å². The minimum absolute atomic E-state index is 0.945. The summed E-state index contributed by atoms with van der Waals surface area (Å²) in [6.45, 7) is 22.1. The zero-order chi connectivity index (χ0) is 24.5. The summed E-state index contributed by atoms with van der Waals surface area (Å²) in [5, 5.41) is 0. The molecule has 0 atom stereocenters. The number of benzene rings is 3. The topological polar surface area (TPSA) is 12.4 Å². The third-order valence-electron chi connectivity index (χ3n) is 5.78. The summed E-state index contributed by atoms with van der Waals surface area (Å²) in [6.07, 6.45) is 0. The van der Waals surface area contributed by atoms with Gasteiger partial charge in [-0.15, -0.1) is 5.54 Å². The van der Waals surface area contributed by atoms with Crippen LogP contribution in [0.5, 0.6) is 0 Å². The van der Waals surface area contributed by atoms with Crippen molar-refractivity contribution in [2.75, 3.05) is 0 Å². The van der Waals surface area contributed by atoms with Crippen molar-refractivity contribution in [3.05, 3.63) is 98.1 Å². The smallest absolute Gasteiger partial charge is 0.129 e. The zero-order valence-electron chi connectivity index (χ0n) is 22.0. The van der Waals surface area contributed by atoms with Crippen LogP contribution < -0.4 is 0 Å². The van der Waals surface area contributed by atoms with E-state index in [4.69, 9.17) is 4.99 Å². The average molecular weight is 452 g/mol. The van der Waals surface area contributed by atoms with Crippen molar-refractivity contribution in [3.8, 4) is 11.5 Å². The van der Waals surface area contributed by atoms with E-state index in [-0.39, 0.29) is 0 Å². The van der Waals surface area contributed by atoms with Gasteiger partial charge >= 0.3 is 0 Å². The largest absolute Gasteiger partial charge is 0.246 e. The van der Waals surface area contributed by atoms with Gasteiger partial charge in [0.2, 0.25) is 0 Å². The van der Waals surface area contributed by atoms with Crippen molar-refractivity contribution in [3.63, 3.8) is 0 Å². The zero-order valence-corrected chi connectivity index (χ0v) is 23.0. The van der Waals surface area contributed by atoms with Gasteiger partial charge in [0.15, 0.2) is 0 Å². The fraction of sp³-hybridized carbons (Fsp3) is 0.323. The molecule has 2 heteroatoms. The lowest BCUT2D eigenvalue weighted by Crippen LogP contribution is -2.16. The first kappa shape index (κ1) is 24.7. The number of aryl methyl sites for hydroxylation is 7. The summed E-state index contributed by atoms with van der Waals surface area (Å²) in [6, 6.07) is 15.5.